The van der Waals surface area contributed by atoms with E-state index < -0.39 is 0 Å². The maximum absolute atomic E-state index is 5.60. The van der Waals surface area contributed by atoms with Gasteiger partial charge in [-0.2, -0.15) is 0 Å². The highest BCUT2D eigenvalue weighted by atomic mass is 16.6. The number of nitrogens with zero attached hydrogens (tertiary/aromatic N) is 3. The van der Waals surface area contributed by atoms with Gasteiger partial charge in [0.05, 0.1) is 11.8 Å². The summed E-state index contributed by atoms with van der Waals surface area (Å²) >= 11 is 0. The fraction of sp³-hybridized carbons (Fsp3) is 0.286. The smallest absolute Gasteiger partial charge is 0.140 e. The Kier molecular flexibility index (Phi) is 3.02. The fourth-order valence-corrected chi connectivity index (χ4v) is 0.841. The van der Waals surface area contributed by atoms with Gasteiger partial charge in [-0.15, -0.1) is 0 Å². The van der Waals surface area contributed by atoms with E-state index in [0.29, 0.717) is 17.2 Å². The van der Waals surface area contributed by atoms with Crippen molar-refractivity contribution in [2.75, 3.05) is 25.2 Å². The second-order valence-electron chi connectivity index (χ2n) is 2.19. The molecular formula is C7H11N5O. The summed E-state index contributed by atoms with van der Waals surface area (Å²) in [6, 6.07) is 0. The van der Waals surface area contributed by atoms with E-state index in [4.69, 9.17) is 5.73 Å². The lowest BCUT2D eigenvalue weighted by Gasteiger charge is -2.04. The zero-order valence-electron chi connectivity index (χ0n) is 7.48. The summed E-state index contributed by atoms with van der Waals surface area (Å²) in [5.74, 6) is 0.980. The van der Waals surface area contributed by atoms with Gasteiger partial charge >= 0.3 is 0 Å². The lowest BCUT2D eigenvalue weighted by molar-refractivity contribution is 0.215. The number of anilines is 2. The summed E-state index contributed by atoms with van der Waals surface area (Å²) in [5.41, 5.74) is 6.22. The molecule has 6 heteroatoms. The molecule has 0 unspecified atom stereocenters. The predicted molar refractivity (Wildman–Crippen MR) is 50.6 cm³/mol. The van der Waals surface area contributed by atoms with Gasteiger partial charge in [-0.3, -0.25) is 0 Å². The van der Waals surface area contributed by atoms with Gasteiger partial charge in [0.15, 0.2) is 0 Å². The van der Waals surface area contributed by atoms with Gasteiger partial charge in [-0.05, 0) is 0 Å². The first-order valence-corrected chi connectivity index (χ1v) is 3.64. The van der Waals surface area contributed by atoms with Gasteiger partial charge in [0.25, 0.3) is 0 Å². The van der Waals surface area contributed by atoms with Crippen LogP contribution in [0.5, 0.6) is 0 Å². The van der Waals surface area contributed by atoms with Crippen molar-refractivity contribution in [1.82, 2.24) is 9.97 Å². The predicted octanol–water partition coefficient (Wildman–Crippen LogP) is 0.0808. The normalized spacial score (nSPS) is 10.3. The maximum atomic E-state index is 5.60. The first-order chi connectivity index (χ1) is 6.29. The van der Waals surface area contributed by atoms with E-state index in [1.54, 1.807) is 7.05 Å². The van der Waals surface area contributed by atoms with Gasteiger partial charge in [-0.1, -0.05) is 5.16 Å². The Hall–Kier alpha value is -1.85. The van der Waals surface area contributed by atoms with Crippen LogP contribution in [-0.4, -0.2) is 30.3 Å². The number of nitrogens with two attached hydrogens (primary N) is 1. The number of hydrogen-bond acceptors (Lipinski definition) is 6. The lowest BCUT2D eigenvalue weighted by atomic mass is 10.3. The van der Waals surface area contributed by atoms with E-state index in [0.717, 1.165) is 0 Å². The van der Waals surface area contributed by atoms with Crippen LogP contribution in [0.3, 0.4) is 0 Å². The Balaban J connectivity index is 3.07. The van der Waals surface area contributed by atoms with E-state index >= 15 is 0 Å². The molecule has 0 amide bonds. The topological polar surface area (TPSA) is 85.4 Å². The number of nitrogen functional groups attached to an aromatic ring is 1. The van der Waals surface area contributed by atoms with Gasteiger partial charge in [-0.25, -0.2) is 9.97 Å². The Labute approximate surface area is 75.8 Å². The summed E-state index contributed by atoms with van der Waals surface area (Å²) in [6.45, 7) is 0. The Morgan fingerprint density at radius 3 is 3.00 bits per heavy atom. The van der Waals surface area contributed by atoms with Crippen LogP contribution in [0.1, 0.15) is 5.56 Å². The molecule has 0 atom stereocenters. The molecule has 0 aliphatic carbocycles. The minimum absolute atomic E-state index is 0.361. The summed E-state index contributed by atoms with van der Waals surface area (Å²) in [4.78, 5) is 12.3. The number of nitrogens with one attached hydrogen (secondary N) is 1. The maximum Gasteiger partial charge on any atom is 0.140 e. The zero-order chi connectivity index (χ0) is 9.68. The van der Waals surface area contributed by atoms with E-state index in [9.17, 15) is 0 Å². The molecule has 0 fully saturated rings. The first-order valence-electron chi connectivity index (χ1n) is 3.64. The van der Waals surface area contributed by atoms with Crippen LogP contribution in [0.4, 0.5) is 11.6 Å². The lowest BCUT2D eigenvalue weighted by Crippen LogP contribution is -2.04. The minimum Gasteiger partial charge on any atom is -0.399 e. The minimum atomic E-state index is 0.361. The van der Waals surface area contributed by atoms with Crippen molar-refractivity contribution in [2.24, 2.45) is 5.16 Å². The molecule has 1 aromatic heterocycles. The first kappa shape index (κ1) is 9.24. The van der Waals surface area contributed by atoms with Gasteiger partial charge in [0.2, 0.25) is 0 Å². The number of aromatic nitrogens is 2. The van der Waals surface area contributed by atoms with Crippen LogP contribution < -0.4 is 11.1 Å². The van der Waals surface area contributed by atoms with Crippen LogP contribution in [-0.2, 0) is 4.84 Å². The van der Waals surface area contributed by atoms with Crippen LogP contribution in [0, 0.1) is 0 Å². The number of oxime groups is 1. The molecule has 0 aliphatic rings. The molecule has 0 bridgehead atoms. The SMILES string of the molecule is CNc1ncnc(N)c1/C=N/OC. The summed E-state index contributed by atoms with van der Waals surface area (Å²) < 4.78 is 0. The molecule has 0 saturated heterocycles. The van der Waals surface area contributed by atoms with E-state index in [1.807, 2.05) is 0 Å². The highest BCUT2D eigenvalue weighted by Crippen LogP contribution is 2.13. The fourth-order valence-electron chi connectivity index (χ4n) is 0.841. The third-order valence-electron chi connectivity index (χ3n) is 1.44. The summed E-state index contributed by atoms with van der Waals surface area (Å²) in [5, 5.41) is 6.45. The van der Waals surface area contributed by atoms with Gasteiger partial charge in [0, 0.05) is 7.05 Å². The standard InChI is InChI=1S/C7H11N5O/c1-9-7-5(3-12-13-2)6(8)10-4-11-7/h3-4H,1-2H3,(H3,8,9,10,11)/b12-3+. The van der Waals surface area contributed by atoms with Crippen molar-refractivity contribution in [3.63, 3.8) is 0 Å². The highest BCUT2D eigenvalue weighted by molar-refractivity contribution is 5.91. The third kappa shape index (κ3) is 2.05. The number of rotatable bonds is 3. The Morgan fingerprint density at radius 2 is 2.38 bits per heavy atom. The van der Waals surface area contributed by atoms with Gasteiger partial charge < -0.3 is 15.9 Å². The van der Waals surface area contributed by atoms with Gasteiger partial charge in [0.1, 0.15) is 25.1 Å². The molecule has 1 rings (SSSR count). The summed E-state index contributed by atoms with van der Waals surface area (Å²) in [6.07, 6.45) is 2.84. The average Bonchev–Trinajstić information content (AvgIpc) is 2.15. The second kappa shape index (κ2) is 4.24. The van der Waals surface area contributed by atoms with Crippen molar-refractivity contribution in [3.05, 3.63) is 11.9 Å². The molecule has 0 aliphatic heterocycles. The molecule has 1 aromatic rings. The Morgan fingerprint density at radius 1 is 1.62 bits per heavy atom. The number of hydrogen-bond donors (Lipinski definition) is 2. The molecule has 1 heterocycles. The van der Waals surface area contributed by atoms with Crippen molar-refractivity contribution >= 4 is 17.9 Å². The van der Waals surface area contributed by atoms with E-state index in [1.165, 1.54) is 19.7 Å². The third-order valence-corrected chi connectivity index (χ3v) is 1.44. The van der Waals surface area contributed by atoms with Crippen molar-refractivity contribution in [3.8, 4) is 0 Å². The quantitative estimate of drug-likeness (QED) is 0.509. The molecule has 0 spiro atoms. The van der Waals surface area contributed by atoms with E-state index in [-0.39, 0.29) is 0 Å². The molecule has 0 saturated carbocycles. The molecule has 6 nitrogen and oxygen atoms in total. The van der Waals surface area contributed by atoms with Crippen molar-refractivity contribution < 1.29 is 4.84 Å². The zero-order valence-corrected chi connectivity index (χ0v) is 7.48. The second-order valence-corrected chi connectivity index (χ2v) is 2.19. The Bertz CT molecular complexity index is 312. The van der Waals surface area contributed by atoms with Crippen LogP contribution in [0.15, 0.2) is 11.5 Å². The molecular weight excluding hydrogens is 170 g/mol. The van der Waals surface area contributed by atoms with Crippen LogP contribution in [0.25, 0.3) is 0 Å². The molecule has 3 N–H and O–H groups in total. The average molecular weight is 181 g/mol. The molecule has 0 radical (unpaired) electrons. The van der Waals surface area contributed by atoms with E-state index in [2.05, 4.69) is 25.3 Å². The monoisotopic (exact) mass is 181 g/mol. The molecule has 13 heavy (non-hydrogen) atoms. The van der Waals surface area contributed by atoms with Crippen molar-refractivity contribution in [1.29, 1.82) is 0 Å². The van der Waals surface area contributed by atoms with Crippen LogP contribution >= 0.6 is 0 Å². The van der Waals surface area contributed by atoms with Crippen LogP contribution in [0.2, 0.25) is 0 Å². The molecule has 0 aromatic carbocycles. The highest BCUT2D eigenvalue weighted by Gasteiger charge is 2.04. The largest absolute Gasteiger partial charge is 0.399 e. The van der Waals surface area contributed by atoms with Crippen molar-refractivity contribution in [2.45, 2.75) is 0 Å². The summed E-state index contributed by atoms with van der Waals surface area (Å²) in [7, 11) is 3.20. The molecule has 70 valence electrons.